The van der Waals surface area contributed by atoms with Gasteiger partial charge in [0.1, 0.15) is 12.0 Å². The molecule has 0 bridgehead atoms. The molecule has 5 aliphatic rings. The van der Waals surface area contributed by atoms with Gasteiger partial charge in [0.2, 0.25) is 0 Å². The molecule has 2 aliphatic carbocycles. The Morgan fingerprint density at radius 1 is 1.13 bits per heavy atom. The third-order valence-corrected chi connectivity index (χ3v) is 13.8. The lowest BCUT2D eigenvalue weighted by atomic mass is 9.62. The van der Waals surface area contributed by atoms with Crippen LogP contribution in [0.2, 0.25) is 0 Å². The maximum Gasteiger partial charge on any atom is 0.250 e. The van der Waals surface area contributed by atoms with Crippen LogP contribution in [-0.2, 0) is 9.53 Å². The predicted octanol–water partition coefficient (Wildman–Crippen LogP) is 8.65. The number of allylic oxidation sites excluding steroid dienone is 3. The predicted molar refractivity (Wildman–Crippen MR) is 208 cm³/mol. The van der Waals surface area contributed by atoms with E-state index in [1.807, 2.05) is 38.3 Å². The largest absolute Gasteiger partial charge is 0.491 e. The first-order valence-electron chi connectivity index (χ1n) is 20.3. The van der Waals surface area contributed by atoms with Gasteiger partial charge in [-0.3, -0.25) is 14.6 Å². The molecular formula is C43H62ClF2N3O4. The number of anilines is 1. The summed E-state index contributed by atoms with van der Waals surface area (Å²) in [5.74, 6) is -0.268. The number of halogens is 3. The molecule has 1 saturated carbocycles. The van der Waals surface area contributed by atoms with Gasteiger partial charge in [0, 0.05) is 94.2 Å². The highest BCUT2D eigenvalue weighted by molar-refractivity contribution is 6.31. The van der Waals surface area contributed by atoms with E-state index < -0.39 is 11.5 Å². The van der Waals surface area contributed by atoms with E-state index in [9.17, 15) is 18.4 Å². The van der Waals surface area contributed by atoms with Gasteiger partial charge < -0.3 is 19.2 Å². The molecule has 0 aromatic heterocycles. The van der Waals surface area contributed by atoms with Crippen molar-refractivity contribution in [2.75, 3.05) is 64.4 Å². The van der Waals surface area contributed by atoms with Crippen LogP contribution in [0.1, 0.15) is 95.3 Å². The fourth-order valence-corrected chi connectivity index (χ4v) is 10.0. The molecule has 0 N–H and O–H groups in total. The summed E-state index contributed by atoms with van der Waals surface area (Å²) < 4.78 is 42.4. The van der Waals surface area contributed by atoms with Gasteiger partial charge in [-0.1, -0.05) is 50.4 Å². The van der Waals surface area contributed by atoms with Crippen LogP contribution < -0.4 is 9.64 Å². The number of piperidine rings is 1. The average molecular weight is 758 g/mol. The second-order valence-corrected chi connectivity index (χ2v) is 17.5. The van der Waals surface area contributed by atoms with Gasteiger partial charge in [0.05, 0.1) is 17.9 Å². The van der Waals surface area contributed by atoms with E-state index in [2.05, 4.69) is 33.8 Å². The van der Waals surface area contributed by atoms with Crippen LogP contribution in [-0.4, -0.2) is 99.0 Å². The van der Waals surface area contributed by atoms with E-state index in [0.717, 1.165) is 107 Å². The van der Waals surface area contributed by atoms with Crippen molar-refractivity contribution in [3.8, 4) is 5.75 Å². The summed E-state index contributed by atoms with van der Waals surface area (Å²) in [6.07, 6.45) is 15.2. The lowest BCUT2D eigenvalue weighted by molar-refractivity contribution is -0.143. The zero-order chi connectivity index (χ0) is 37.8. The normalized spacial score (nSPS) is 30.1. The van der Waals surface area contributed by atoms with Crippen LogP contribution in [0.4, 0.5) is 14.5 Å². The standard InChI is InChI=1S/C43H62ClF2N3O4/c1-30(31(2)27-50)8-7-16-42(52-4,29-47-20-21-48-19-17-43(45,46)24-38(48)26-47)39-14-11-35(39)25-49-18-6-5-9-34-22-37(44)13-10-36(34)28-53-41-15-12-33(32(3)51)23-40(41)49/h10,12-13,15,22-23,27,30-31,34-36,38-39H,5-9,11,14,16-21,24-26,28-29H2,1-4H3/t30?,31-,34?,35-,36?,38+,39?,42?/m0/s1. The van der Waals surface area contributed by atoms with Gasteiger partial charge in [-0.15, -0.1) is 0 Å². The van der Waals surface area contributed by atoms with Crippen molar-refractivity contribution in [1.82, 2.24) is 9.80 Å². The Morgan fingerprint density at radius 3 is 2.70 bits per heavy atom. The fourth-order valence-electron chi connectivity index (χ4n) is 9.81. The first-order chi connectivity index (χ1) is 25.4. The van der Waals surface area contributed by atoms with E-state index in [1.165, 1.54) is 0 Å². The zero-order valence-corrected chi connectivity index (χ0v) is 33.2. The number of carbonyl (C=O) groups excluding carboxylic acids is 2. The van der Waals surface area contributed by atoms with Crippen LogP contribution in [0.3, 0.4) is 0 Å². The molecule has 3 heterocycles. The molecular weight excluding hydrogens is 696 g/mol. The minimum Gasteiger partial charge on any atom is -0.491 e. The molecule has 5 unspecified atom stereocenters. The van der Waals surface area contributed by atoms with Gasteiger partial charge in [0.15, 0.2) is 5.78 Å². The zero-order valence-electron chi connectivity index (χ0n) is 32.4. The number of alkyl halides is 2. The van der Waals surface area contributed by atoms with Gasteiger partial charge in [-0.2, -0.15) is 0 Å². The van der Waals surface area contributed by atoms with Crippen molar-refractivity contribution in [1.29, 1.82) is 0 Å². The number of Topliss-reactive ketones (excluding diaryl/α,β-unsaturated/α-hetero) is 1. The minimum absolute atomic E-state index is 0.00389. The van der Waals surface area contributed by atoms with Crippen LogP contribution in [0.5, 0.6) is 5.75 Å². The van der Waals surface area contributed by atoms with Crippen molar-refractivity contribution >= 4 is 29.4 Å². The van der Waals surface area contributed by atoms with Gasteiger partial charge >= 0.3 is 0 Å². The number of benzene rings is 1. The molecule has 0 radical (unpaired) electrons. The molecule has 10 heteroatoms. The van der Waals surface area contributed by atoms with Crippen molar-refractivity contribution in [3.05, 3.63) is 47.0 Å². The summed E-state index contributed by atoms with van der Waals surface area (Å²) in [7, 11) is 1.85. The Bertz CT molecular complexity index is 1490. The Kier molecular flexibility index (Phi) is 13.4. The average Bonchev–Trinajstić information content (AvgIpc) is 3.15. The van der Waals surface area contributed by atoms with E-state index >= 15 is 0 Å². The number of ether oxygens (including phenoxy) is 2. The molecule has 53 heavy (non-hydrogen) atoms. The Labute approximate surface area is 321 Å². The quantitative estimate of drug-likeness (QED) is 0.148. The molecule has 3 fully saturated rings. The highest BCUT2D eigenvalue weighted by Gasteiger charge is 2.50. The number of ketones is 1. The number of fused-ring (bicyclic) bond motifs is 3. The molecule has 6 rings (SSSR count). The highest BCUT2D eigenvalue weighted by atomic mass is 35.5. The van der Waals surface area contributed by atoms with Crippen LogP contribution in [0, 0.1) is 35.5 Å². The number of nitrogens with zero attached hydrogens (tertiary/aromatic N) is 3. The highest BCUT2D eigenvalue weighted by Crippen LogP contribution is 2.48. The van der Waals surface area contributed by atoms with Crippen LogP contribution in [0.15, 0.2) is 41.5 Å². The lowest BCUT2D eigenvalue weighted by Crippen LogP contribution is -2.63. The second kappa shape index (κ2) is 17.6. The summed E-state index contributed by atoms with van der Waals surface area (Å²) in [4.78, 5) is 31.4. The van der Waals surface area contributed by atoms with Crippen molar-refractivity contribution < 1.29 is 27.8 Å². The molecule has 7 nitrogen and oxygen atoms in total. The maximum absolute atomic E-state index is 14.6. The van der Waals surface area contributed by atoms with Crippen LogP contribution >= 0.6 is 11.6 Å². The fraction of sp³-hybridized carbons (Fsp3) is 0.721. The lowest BCUT2D eigenvalue weighted by Gasteiger charge is -2.54. The molecule has 0 amide bonds. The monoisotopic (exact) mass is 757 g/mol. The SMILES string of the molecule is COC(CCCC(C)[C@@H](C)C=O)(CN1CCN2CCC(F)(F)C[C@@H]2C1)C1CC[C@H]1CN1CCCCC2C=C(Cl)C=CC2COc2ccc(C(C)=O)cc21. The summed E-state index contributed by atoms with van der Waals surface area (Å²) >= 11 is 6.43. The van der Waals surface area contributed by atoms with Gasteiger partial charge in [-0.05, 0) is 93.4 Å². The van der Waals surface area contributed by atoms with E-state index in [4.69, 9.17) is 21.1 Å². The Morgan fingerprint density at radius 2 is 1.96 bits per heavy atom. The van der Waals surface area contributed by atoms with Gasteiger partial charge in [0.25, 0.3) is 5.92 Å². The van der Waals surface area contributed by atoms with Crippen molar-refractivity contribution in [2.45, 2.75) is 103 Å². The summed E-state index contributed by atoms with van der Waals surface area (Å²) in [5.41, 5.74) is 1.22. The smallest absolute Gasteiger partial charge is 0.250 e. The second-order valence-electron chi connectivity index (χ2n) is 17.0. The maximum atomic E-state index is 14.6. The van der Waals surface area contributed by atoms with Gasteiger partial charge in [-0.25, -0.2) is 8.78 Å². The number of methoxy groups -OCH3 is 1. The molecule has 8 atom stereocenters. The Balaban J connectivity index is 1.24. The summed E-state index contributed by atoms with van der Waals surface area (Å²) in [6.45, 7) is 11.5. The number of hydrogen-bond acceptors (Lipinski definition) is 7. The number of rotatable bonds is 13. The van der Waals surface area contributed by atoms with E-state index in [-0.39, 0.29) is 48.3 Å². The number of aldehydes is 1. The number of hydrogen-bond donors (Lipinski definition) is 0. The first kappa shape index (κ1) is 40.3. The van der Waals surface area contributed by atoms with Crippen molar-refractivity contribution in [2.24, 2.45) is 35.5 Å². The molecule has 1 aromatic carbocycles. The number of carbonyl (C=O) groups is 2. The molecule has 2 saturated heterocycles. The minimum atomic E-state index is -2.60. The summed E-state index contributed by atoms with van der Waals surface area (Å²) in [6, 6.07) is 5.73. The number of piperazine rings is 1. The first-order valence-corrected chi connectivity index (χ1v) is 20.7. The third-order valence-electron chi connectivity index (χ3n) is 13.6. The molecule has 3 aliphatic heterocycles. The molecule has 1 aromatic rings. The van der Waals surface area contributed by atoms with Crippen molar-refractivity contribution in [3.63, 3.8) is 0 Å². The topological polar surface area (TPSA) is 62.3 Å². The van der Waals surface area contributed by atoms with Crippen LogP contribution in [0.25, 0.3) is 0 Å². The third kappa shape index (κ3) is 9.74. The molecule has 0 spiro atoms. The van der Waals surface area contributed by atoms with E-state index in [0.29, 0.717) is 37.1 Å². The summed E-state index contributed by atoms with van der Waals surface area (Å²) in [5, 5.41) is 0.790. The van der Waals surface area contributed by atoms with E-state index in [1.54, 1.807) is 6.92 Å². The molecule has 294 valence electrons. The Hall–Kier alpha value is -2.33.